The number of non-ortho nitro benzene ring substituents is 1. The summed E-state index contributed by atoms with van der Waals surface area (Å²) < 4.78 is 0. The number of hydrogen-bond acceptors (Lipinski definition) is 7. The van der Waals surface area contributed by atoms with Crippen LogP contribution >= 0.6 is 11.8 Å². The largest absolute Gasteiger partial charge is 0.481 e. The summed E-state index contributed by atoms with van der Waals surface area (Å²) in [5, 5.41) is 27.1. The van der Waals surface area contributed by atoms with Gasteiger partial charge in [0, 0.05) is 17.7 Å². The molecule has 0 bridgehead atoms. The van der Waals surface area contributed by atoms with Crippen LogP contribution in [0, 0.1) is 10.1 Å². The smallest absolute Gasteiger partial charge is 0.313 e. The van der Waals surface area contributed by atoms with Crippen molar-refractivity contribution in [3.8, 4) is 22.5 Å². The molecule has 2 heterocycles. The first-order valence-corrected chi connectivity index (χ1v) is 8.98. The van der Waals surface area contributed by atoms with Crippen molar-refractivity contribution in [2.75, 3.05) is 5.75 Å². The van der Waals surface area contributed by atoms with Gasteiger partial charge in [0.25, 0.3) is 5.69 Å². The van der Waals surface area contributed by atoms with Gasteiger partial charge in [-0.3, -0.25) is 20.0 Å². The summed E-state index contributed by atoms with van der Waals surface area (Å²) in [6.45, 7) is 0. The van der Waals surface area contributed by atoms with Crippen LogP contribution in [0.25, 0.3) is 33.5 Å². The highest BCUT2D eigenvalue weighted by molar-refractivity contribution is 7.99. The number of carboxylic acids is 1. The highest BCUT2D eigenvalue weighted by Crippen LogP contribution is 2.31. The van der Waals surface area contributed by atoms with Gasteiger partial charge in [-0.1, -0.05) is 17.8 Å². The third-order valence-corrected chi connectivity index (χ3v) is 4.78. The number of H-pyrrole nitrogens is 2. The minimum Gasteiger partial charge on any atom is -0.481 e. The topological polar surface area (TPSA) is 151 Å². The van der Waals surface area contributed by atoms with Gasteiger partial charge in [-0.25, -0.2) is 9.97 Å². The molecule has 11 heteroatoms. The summed E-state index contributed by atoms with van der Waals surface area (Å²) in [4.78, 5) is 33.0. The van der Waals surface area contributed by atoms with E-state index in [2.05, 4.69) is 25.1 Å². The number of nitrogens with zero attached hydrogens (tertiary/aromatic N) is 4. The summed E-state index contributed by atoms with van der Waals surface area (Å²) >= 11 is 0.960. The molecule has 0 saturated carbocycles. The first-order valence-electron chi connectivity index (χ1n) is 8.00. The fraction of sp³-hybridized carbons (Fsp3) is 0.0588. The highest BCUT2D eigenvalue weighted by atomic mass is 32.2. The number of carboxylic acid groups (broad SMARTS) is 1. The molecule has 0 aliphatic carbocycles. The Bertz CT molecular complexity index is 1200. The number of thioether (sulfide) groups is 1. The third kappa shape index (κ3) is 3.55. The third-order valence-electron chi connectivity index (χ3n) is 3.95. The van der Waals surface area contributed by atoms with Gasteiger partial charge < -0.3 is 10.1 Å². The summed E-state index contributed by atoms with van der Waals surface area (Å²) in [6, 6.07) is 10.2. The van der Waals surface area contributed by atoms with Gasteiger partial charge >= 0.3 is 5.97 Å². The zero-order valence-electron chi connectivity index (χ0n) is 14.1. The number of fused-ring (bicyclic) bond motifs is 1. The van der Waals surface area contributed by atoms with Crippen molar-refractivity contribution in [2.24, 2.45) is 0 Å². The lowest BCUT2D eigenvalue weighted by atomic mass is 10.0. The zero-order chi connectivity index (χ0) is 19.7. The Balaban J connectivity index is 1.75. The maximum Gasteiger partial charge on any atom is 0.313 e. The Hall–Kier alpha value is -3.73. The molecule has 0 unspecified atom stereocenters. The zero-order valence-corrected chi connectivity index (χ0v) is 14.9. The van der Waals surface area contributed by atoms with E-state index in [1.54, 1.807) is 12.4 Å². The van der Waals surface area contributed by atoms with Gasteiger partial charge in [0.15, 0.2) is 5.82 Å². The molecule has 0 aliphatic rings. The Labute approximate surface area is 161 Å². The standard InChI is InChI=1S/C17H12N6O4S/c24-15(25)7-28-17-20-16(21-22-17)11-3-10(4-12(5-11)23(26)27)9-1-2-13-14(6-9)19-8-18-13/h1-6,8H,7H2,(H,18,19)(H,24,25)(H,20,21,22). The molecule has 0 aliphatic heterocycles. The van der Waals surface area contributed by atoms with E-state index in [4.69, 9.17) is 5.11 Å². The van der Waals surface area contributed by atoms with E-state index in [0.717, 1.165) is 28.4 Å². The predicted octanol–water partition coefficient (Wildman–Crippen LogP) is 3.10. The van der Waals surface area contributed by atoms with Gasteiger partial charge in [-0.2, -0.15) is 0 Å². The summed E-state index contributed by atoms with van der Waals surface area (Å²) in [5.74, 6) is -0.842. The highest BCUT2D eigenvalue weighted by Gasteiger charge is 2.16. The predicted molar refractivity (Wildman–Crippen MR) is 102 cm³/mol. The van der Waals surface area contributed by atoms with Crippen molar-refractivity contribution in [1.82, 2.24) is 25.1 Å². The minimum absolute atomic E-state index is 0.0895. The fourth-order valence-electron chi connectivity index (χ4n) is 2.70. The lowest BCUT2D eigenvalue weighted by molar-refractivity contribution is -0.384. The molecule has 2 aromatic heterocycles. The van der Waals surface area contributed by atoms with Gasteiger partial charge in [-0.05, 0) is 29.3 Å². The van der Waals surface area contributed by atoms with Gasteiger partial charge in [-0.15, -0.1) is 5.10 Å². The maximum absolute atomic E-state index is 11.4. The molecular formula is C17H12N6O4S. The minimum atomic E-state index is -0.983. The average Bonchev–Trinajstić information content (AvgIpc) is 3.34. The number of benzene rings is 2. The monoisotopic (exact) mass is 396 g/mol. The van der Waals surface area contributed by atoms with E-state index < -0.39 is 10.9 Å². The van der Waals surface area contributed by atoms with Crippen LogP contribution in [0.15, 0.2) is 47.9 Å². The first-order chi connectivity index (χ1) is 13.5. The molecule has 140 valence electrons. The van der Waals surface area contributed by atoms with Crippen LogP contribution in [0.2, 0.25) is 0 Å². The van der Waals surface area contributed by atoms with E-state index in [1.165, 1.54) is 12.1 Å². The van der Waals surface area contributed by atoms with E-state index in [0.29, 0.717) is 17.0 Å². The number of nitrogens with one attached hydrogen (secondary N) is 2. The molecule has 0 amide bonds. The number of aromatic amines is 2. The molecule has 2 aromatic carbocycles. The summed E-state index contributed by atoms with van der Waals surface area (Å²) in [5.41, 5.74) is 3.41. The average molecular weight is 396 g/mol. The number of nitro benzene ring substituents is 1. The first kappa shape index (κ1) is 17.7. The molecule has 10 nitrogen and oxygen atoms in total. The van der Waals surface area contributed by atoms with Crippen molar-refractivity contribution >= 4 is 34.5 Å². The molecule has 0 saturated heterocycles. The molecule has 0 spiro atoms. The summed E-state index contributed by atoms with van der Waals surface area (Å²) in [6.07, 6.45) is 1.58. The lowest BCUT2D eigenvalue weighted by Crippen LogP contribution is -1.97. The maximum atomic E-state index is 11.4. The Morgan fingerprint density at radius 2 is 2.00 bits per heavy atom. The second kappa shape index (κ2) is 7.12. The molecule has 4 aromatic rings. The normalized spacial score (nSPS) is 11.0. The molecule has 4 rings (SSSR count). The van der Waals surface area contributed by atoms with Crippen molar-refractivity contribution in [1.29, 1.82) is 0 Å². The van der Waals surface area contributed by atoms with Crippen LogP contribution in [0.4, 0.5) is 5.69 Å². The van der Waals surface area contributed by atoms with Crippen LogP contribution in [-0.4, -0.2) is 46.9 Å². The van der Waals surface area contributed by atoms with E-state index in [-0.39, 0.29) is 16.6 Å². The van der Waals surface area contributed by atoms with Crippen LogP contribution in [-0.2, 0) is 4.79 Å². The van der Waals surface area contributed by atoms with Gasteiger partial charge in [0.05, 0.1) is 28.0 Å². The molecule has 0 fully saturated rings. The molecular weight excluding hydrogens is 384 g/mol. The molecule has 28 heavy (non-hydrogen) atoms. The van der Waals surface area contributed by atoms with Gasteiger partial charge in [0.1, 0.15) is 0 Å². The van der Waals surface area contributed by atoms with E-state index in [9.17, 15) is 14.9 Å². The van der Waals surface area contributed by atoms with Crippen molar-refractivity contribution < 1.29 is 14.8 Å². The number of hydrogen-bond donors (Lipinski definition) is 3. The van der Waals surface area contributed by atoms with Crippen molar-refractivity contribution in [2.45, 2.75) is 5.16 Å². The van der Waals surface area contributed by atoms with E-state index in [1.807, 2.05) is 18.2 Å². The number of carbonyl (C=O) groups is 1. The molecule has 0 radical (unpaired) electrons. The second-order valence-electron chi connectivity index (χ2n) is 5.81. The Kier molecular flexibility index (Phi) is 4.49. The molecule has 3 N–H and O–H groups in total. The number of nitro groups is 1. The Morgan fingerprint density at radius 3 is 2.79 bits per heavy atom. The SMILES string of the molecule is O=C(O)CSc1n[nH]c(-c2cc(-c3ccc4nc[nH]c4c3)cc([N+](=O)[O-])c2)n1. The number of aromatic nitrogens is 5. The fourth-order valence-corrected chi connectivity index (χ4v) is 3.22. The van der Waals surface area contributed by atoms with Crippen LogP contribution in [0.1, 0.15) is 0 Å². The van der Waals surface area contributed by atoms with Crippen LogP contribution in [0.5, 0.6) is 0 Å². The Morgan fingerprint density at radius 1 is 1.18 bits per heavy atom. The molecule has 0 atom stereocenters. The van der Waals surface area contributed by atoms with Crippen LogP contribution < -0.4 is 0 Å². The summed E-state index contributed by atoms with van der Waals surface area (Å²) in [7, 11) is 0. The number of rotatable bonds is 6. The quantitative estimate of drug-likeness (QED) is 0.255. The lowest BCUT2D eigenvalue weighted by Gasteiger charge is -2.05. The number of imidazole rings is 1. The second-order valence-corrected chi connectivity index (χ2v) is 6.75. The van der Waals surface area contributed by atoms with Gasteiger partial charge in [0.2, 0.25) is 5.16 Å². The van der Waals surface area contributed by atoms with Crippen molar-refractivity contribution in [3.63, 3.8) is 0 Å². The van der Waals surface area contributed by atoms with E-state index >= 15 is 0 Å². The van der Waals surface area contributed by atoms with Crippen LogP contribution in [0.3, 0.4) is 0 Å². The number of aliphatic carboxylic acids is 1. The van der Waals surface area contributed by atoms with Crippen molar-refractivity contribution in [3.05, 3.63) is 52.8 Å².